The highest BCUT2D eigenvalue weighted by molar-refractivity contribution is 7.99. The maximum atomic E-state index is 11.0. The van der Waals surface area contributed by atoms with E-state index in [0.717, 1.165) is 35.8 Å². The molecule has 0 aliphatic carbocycles. The minimum absolute atomic E-state index is 0.389. The smallest absolute Gasteiger partial charge is 0.335 e. The average molecular weight is 254 g/mol. The molecular weight excluding hydrogens is 236 g/mol. The summed E-state index contributed by atoms with van der Waals surface area (Å²) in [7, 11) is 0. The number of carboxylic acid groups (broad SMARTS) is 1. The molecule has 4 heteroatoms. The van der Waals surface area contributed by atoms with Crippen molar-refractivity contribution in [3.05, 3.63) is 29.3 Å². The fourth-order valence-corrected chi connectivity index (χ4v) is 2.28. The quantitative estimate of drug-likeness (QED) is 0.599. The van der Waals surface area contributed by atoms with Crippen LogP contribution >= 0.6 is 11.8 Å². The fraction of sp³-hybridized carbons (Fsp3) is 0.462. The van der Waals surface area contributed by atoms with Gasteiger partial charge in [-0.05, 0) is 38.0 Å². The second-order valence-corrected chi connectivity index (χ2v) is 4.85. The minimum atomic E-state index is -0.862. The molecule has 1 rings (SSSR count). The molecular formula is C13H18O3S. The molecule has 0 aromatic heterocycles. The van der Waals surface area contributed by atoms with Gasteiger partial charge < -0.3 is 9.84 Å². The van der Waals surface area contributed by atoms with Crippen molar-refractivity contribution in [3.8, 4) is 0 Å². The number of benzene rings is 1. The highest BCUT2D eigenvalue weighted by atomic mass is 32.2. The molecule has 0 aliphatic rings. The van der Waals surface area contributed by atoms with Gasteiger partial charge in [-0.25, -0.2) is 4.79 Å². The van der Waals surface area contributed by atoms with E-state index in [9.17, 15) is 4.79 Å². The molecule has 1 aromatic rings. The second kappa shape index (κ2) is 7.35. The van der Waals surface area contributed by atoms with E-state index in [4.69, 9.17) is 9.84 Å². The van der Waals surface area contributed by atoms with Crippen molar-refractivity contribution in [1.82, 2.24) is 0 Å². The summed E-state index contributed by atoms with van der Waals surface area (Å²) < 4.78 is 5.25. The molecule has 0 saturated carbocycles. The van der Waals surface area contributed by atoms with Crippen LogP contribution in [0.1, 0.15) is 29.3 Å². The topological polar surface area (TPSA) is 46.5 Å². The number of aromatic carboxylic acids is 1. The summed E-state index contributed by atoms with van der Waals surface area (Å²) in [5.41, 5.74) is 1.19. The first-order valence-electron chi connectivity index (χ1n) is 5.69. The third-order valence-electron chi connectivity index (χ3n) is 2.35. The van der Waals surface area contributed by atoms with E-state index in [0.29, 0.717) is 5.56 Å². The zero-order chi connectivity index (χ0) is 12.7. The minimum Gasteiger partial charge on any atom is -0.478 e. The van der Waals surface area contributed by atoms with Gasteiger partial charge in [-0.2, -0.15) is 0 Å². The van der Waals surface area contributed by atoms with Gasteiger partial charge >= 0.3 is 5.97 Å². The molecule has 1 aromatic carbocycles. The van der Waals surface area contributed by atoms with Crippen LogP contribution in [0.2, 0.25) is 0 Å². The Kier molecular flexibility index (Phi) is 6.08. The zero-order valence-electron chi connectivity index (χ0n) is 10.2. The average Bonchev–Trinajstić information content (AvgIpc) is 2.30. The SMILES string of the molecule is CCOCCCSc1ccc(C)c(C(=O)O)c1. The van der Waals surface area contributed by atoms with Crippen LogP contribution in [-0.2, 0) is 4.74 Å². The van der Waals surface area contributed by atoms with Crippen LogP contribution in [0.5, 0.6) is 0 Å². The zero-order valence-corrected chi connectivity index (χ0v) is 11.0. The number of rotatable bonds is 7. The van der Waals surface area contributed by atoms with Gasteiger partial charge in [-0.3, -0.25) is 0 Å². The van der Waals surface area contributed by atoms with Crippen molar-refractivity contribution in [3.63, 3.8) is 0 Å². The molecule has 17 heavy (non-hydrogen) atoms. The molecule has 0 atom stereocenters. The summed E-state index contributed by atoms with van der Waals surface area (Å²) in [5.74, 6) is 0.0848. The number of ether oxygens (including phenoxy) is 1. The molecule has 1 N–H and O–H groups in total. The van der Waals surface area contributed by atoms with Crippen molar-refractivity contribution in [2.45, 2.75) is 25.2 Å². The fourth-order valence-electron chi connectivity index (χ4n) is 1.42. The summed E-state index contributed by atoms with van der Waals surface area (Å²) >= 11 is 1.67. The first kappa shape index (κ1) is 14.1. The molecule has 0 spiro atoms. The van der Waals surface area contributed by atoms with Gasteiger partial charge in [-0.1, -0.05) is 6.07 Å². The van der Waals surface area contributed by atoms with Crippen molar-refractivity contribution in [2.75, 3.05) is 19.0 Å². The molecule has 94 valence electrons. The maximum absolute atomic E-state index is 11.0. The van der Waals surface area contributed by atoms with Gasteiger partial charge in [-0.15, -0.1) is 11.8 Å². The molecule has 0 amide bonds. The largest absolute Gasteiger partial charge is 0.478 e. The van der Waals surface area contributed by atoms with Crippen molar-refractivity contribution in [2.24, 2.45) is 0 Å². The van der Waals surface area contributed by atoms with Crippen molar-refractivity contribution in [1.29, 1.82) is 0 Å². The Hall–Kier alpha value is -1.00. The first-order chi connectivity index (χ1) is 8.15. The van der Waals surface area contributed by atoms with E-state index in [2.05, 4.69) is 0 Å². The summed E-state index contributed by atoms with van der Waals surface area (Å²) in [5, 5.41) is 9.00. The summed E-state index contributed by atoms with van der Waals surface area (Å²) in [4.78, 5) is 12.0. The Bertz CT molecular complexity index is 377. The molecule has 0 radical (unpaired) electrons. The Labute approximate surface area is 106 Å². The number of carboxylic acids is 1. The van der Waals surface area contributed by atoms with E-state index >= 15 is 0 Å². The van der Waals surface area contributed by atoms with E-state index in [1.807, 2.05) is 26.0 Å². The molecule has 0 bridgehead atoms. The third-order valence-corrected chi connectivity index (χ3v) is 3.43. The Balaban J connectivity index is 2.49. The maximum Gasteiger partial charge on any atom is 0.335 e. The molecule has 0 heterocycles. The third kappa shape index (κ3) is 4.79. The Morgan fingerprint density at radius 2 is 2.24 bits per heavy atom. The van der Waals surface area contributed by atoms with Gasteiger partial charge in [0.15, 0.2) is 0 Å². The molecule has 0 unspecified atom stereocenters. The van der Waals surface area contributed by atoms with E-state index in [1.165, 1.54) is 0 Å². The lowest BCUT2D eigenvalue weighted by Gasteiger charge is -2.05. The predicted octanol–water partition coefficient (Wildman–Crippen LogP) is 3.21. The number of aryl methyl sites for hydroxylation is 1. The lowest BCUT2D eigenvalue weighted by Crippen LogP contribution is -2.00. The molecule has 3 nitrogen and oxygen atoms in total. The summed E-state index contributed by atoms with van der Waals surface area (Å²) in [6, 6.07) is 5.56. The van der Waals surface area contributed by atoms with Crippen molar-refractivity contribution >= 4 is 17.7 Å². The summed E-state index contributed by atoms with van der Waals surface area (Å²) in [6.45, 7) is 5.30. The van der Waals surface area contributed by atoms with Crippen molar-refractivity contribution < 1.29 is 14.6 Å². The highest BCUT2D eigenvalue weighted by Gasteiger charge is 2.07. The van der Waals surface area contributed by atoms with Crippen LogP contribution in [0.25, 0.3) is 0 Å². The molecule has 0 saturated heterocycles. The Morgan fingerprint density at radius 1 is 1.47 bits per heavy atom. The van der Waals surface area contributed by atoms with Crippen LogP contribution in [0.3, 0.4) is 0 Å². The standard InChI is InChI=1S/C13H18O3S/c1-3-16-7-4-8-17-11-6-5-10(2)12(9-11)13(14)15/h5-6,9H,3-4,7-8H2,1-2H3,(H,14,15). The number of carbonyl (C=O) groups is 1. The monoisotopic (exact) mass is 254 g/mol. The molecule has 0 aliphatic heterocycles. The van der Waals surface area contributed by atoms with Gasteiger partial charge in [0.1, 0.15) is 0 Å². The van der Waals surface area contributed by atoms with Gasteiger partial charge in [0.25, 0.3) is 0 Å². The van der Waals surface area contributed by atoms with E-state index in [1.54, 1.807) is 17.8 Å². The molecule has 0 fully saturated rings. The lowest BCUT2D eigenvalue weighted by molar-refractivity contribution is 0.0696. The van der Waals surface area contributed by atoms with Gasteiger partial charge in [0.2, 0.25) is 0 Å². The van der Waals surface area contributed by atoms with E-state index < -0.39 is 5.97 Å². The van der Waals surface area contributed by atoms with E-state index in [-0.39, 0.29) is 0 Å². The Morgan fingerprint density at radius 3 is 2.88 bits per heavy atom. The van der Waals surface area contributed by atoms with Crippen LogP contribution in [0, 0.1) is 6.92 Å². The summed E-state index contributed by atoms with van der Waals surface area (Å²) in [6.07, 6.45) is 0.981. The van der Waals surface area contributed by atoms with Gasteiger partial charge in [0, 0.05) is 23.9 Å². The van der Waals surface area contributed by atoms with Gasteiger partial charge in [0.05, 0.1) is 5.56 Å². The number of thioether (sulfide) groups is 1. The van der Waals surface area contributed by atoms with Crippen LogP contribution in [-0.4, -0.2) is 30.0 Å². The first-order valence-corrected chi connectivity index (χ1v) is 6.68. The van der Waals surface area contributed by atoms with Crippen LogP contribution in [0.4, 0.5) is 0 Å². The van der Waals surface area contributed by atoms with Crippen LogP contribution in [0.15, 0.2) is 23.1 Å². The van der Waals surface area contributed by atoms with Crippen LogP contribution < -0.4 is 0 Å². The highest BCUT2D eigenvalue weighted by Crippen LogP contribution is 2.22. The lowest BCUT2D eigenvalue weighted by atomic mass is 10.1. The number of hydrogen-bond acceptors (Lipinski definition) is 3. The normalized spacial score (nSPS) is 10.5. The second-order valence-electron chi connectivity index (χ2n) is 3.68. The number of hydrogen-bond donors (Lipinski definition) is 1. The predicted molar refractivity (Wildman–Crippen MR) is 70.0 cm³/mol.